The fraction of sp³-hybridized carbons (Fsp3) is 0.500. The zero-order valence-corrected chi connectivity index (χ0v) is 5.58. The third kappa shape index (κ3) is 0.659. The van der Waals surface area contributed by atoms with Crippen LogP contribution in [0.2, 0.25) is 0 Å². The maximum atomic E-state index is 10.00. The van der Waals surface area contributed by atoms with Gasteiger partial charge in [-0.15, -0.1) is 0 Å². The molecule has 0 amide bonds. The quantitative estimate of drug-likeness (QED) is 0.301. The Kier molecular flexibility index (Phi) is 1.06. The standard InChI is InChI=1S/C8H8NO/c10-6-9-8-3-1-7(5-8)2-4-8/h1,3-4,7H,2,5H2. The third-order valence-electron chi connectivity index (χ3n) is 2.27. The van der Waals surface area contributed by atoms with E-state index in [0.29, 0.717) is 5.92 Å². The first-order valence-corrected chi connectivity index (χ1v) is 3.47. The molecule has 0 spiro atoms. The number of nitrogens with zero attached hydrogens (tertiary/aromatic N) is 1. The summed E-state index contributed by atoms with van der Waals surface area (Å²) in [6, 6.07) is 0. The second-order valence-corrected chi connectivity index (χ2v) is 2.96. The molecular weight excluding hydrogens is 126 g/mol. The number of rotatable bonds is 1. The van der Waals surface area contributed by atoms with Crippen LogP contribution in [0.1, 0.15) is 12.8 Å². The molecule has 2 bridgehead atoms. The van der Waals surface area contributed by atoms with E-state index >= 15 is 0 Å². The molecule has 1 radical (unpaired) electrons. The molecule has 0 aliphatic heterocycles. The Balaban J connectivity index is 2.32. The van der Waals surface area contributed by atoms with Crippen LogP contribution in [0.3, 0.4) is 0 Å². The summed E-state index contributed by atoms with van der Waals surface area (Å²) in [6.45, 7) is 0. The van der Waals surface area contributed by atoms with Gasteiger partial charge in [-0.1, -0.05) is 12.2 Å². The number of fused-ring (bicyclic) bond motifs is 2. The van der Waals surface area contributed by atoms with Crippen molar-refractivity contribution in [1.82, 2.24) is 0 Å². The number of carbonyl (C=O) groups excluding carboxylic acids is 1. The lowest BCUT2D eigenvalue weighted by Gasteiger charge is -2.13. The predicted octanol–water partition coefficient (Wildman–Crippen LogP) is 1.25. The molecule has 2 aliphatic rings. The average molecular weight is 134 g/mol. The summed E-state index contributed by atoms with van der Waals surface area (Å²) in [5.74, 6) is 0.636. The van der Waals surface area contributed by atoms with Gasteiger partial charge in [-0.2, -0.15) is 4.99 Å². The molecular formula is C8H8NO. The minimum Gasteiger partial charge on any atom is -0.211 e. The van der Waals surface area contributed by atoms with Crippen LogP contribution >= 0.6 is 0 Å². The highest BCUT2D eigenvalue weighted by Gasteiger charge is 2.40. The molecule has 0 aromatic carbocycles. The van der Waals surface area contributed by atoms with Crippen molar-refractivity contribution in [2.75, 3.05) is 0 Å². The van der Waals surface area contributed by atoms with Gasteiger partial charge in [0.25, 0.3) is 0 Å². The molecule has 0 N–H and O–H groups in total. The Morgan fingerprint density at radius 2 is 2.60 bits per heavy atom. The van der Waals surface area contributed by atoms with E-state index in [1.165, 1.54) is 0 Å². The molecule has 2 nitrogen and oxygen atoms in total. The van der Waals surface area contributed by atoms with Gasteiger partial charge in [0.15, 0.2) is 0 Å². The molecule has 2 atom stereocenters. The van der Waals surface area contributed by atoms with Gasteiger partial charge >= 0.3 is 0 Å². The van der Waals surface area contributed by atoms with Crippen LogP contribution in [-0.4, -0.2) is 11.6 Å². The van der Waals surface area contributed by atoms with Crippen LogP contribution in [0.25, 0.3) is 0 Å². The normalized spacial score (nSPS) is 41.8. The lowest BCUT2D eigenvalue weighted by Crippen LogP contribution is -2.16. The summed E-state index contributed by atoms with van der Waals surface area (Å²) in [5, 5.41) is 0. The number of hydrogen-bond donors (Lipinski definition) is 0. The van der Waals surface area contributed by atoms with Crippen LogP contribution in [0.5, 0.6) is 0 Å². The van der Waals surface area contributed by atoms with Gasteiger partial charge in [-0.3, -0.25) is 0 Å². The van der Waals surface area contributed by atoms with Crippen LogP contribution in [0, 0.1) is 12.3 Å². The van der Waals surface area contributed by atoms with Gasteiger partial charge in [0.2, 0.25) is 6.08 Å². The Morgan fingerprint density at radius 1 is 1.70 bits per heavy atom. The summed E-state index contributed by atoms with van der Waals surface area (Å²) in [5.41, 5.74) is -0.244. The van der Waals surface area contributed by atoms with Crippen molar-refractivity contribution in [2.45, 2.75) is 18.4 Å². The SMILES string of the molecule is O=C=NC12[CH]CC(C=C1)C2. The number of isocyanates is 1. The molecule has 51 valence electrons. The Bertz CT molecular complexity index is 227. The first-order chi connectivity index (χ1) is 4.85. The molecule has 1 fully saturated rings. The van der Waals surface area contributed by atoms with E-state index in [9.17, 15) is 4.79 Å². The fourth-order valence-corrected chi connectivity index (χ4v) is 1.74. The molecule has 0 heterocycles. The number of allylic oxidation sites excluding steroid dienone is 1. The third-order valence-corrected chi connectivity index (χ3v) is 2.27. The van der Waals surface area contributed by atoms with Crippen molar-refractivity contribution in [2.24, 2.45) is 10.9 Å². The topological polar surface area (TPSA) is 29.4 Å². The molecule has 2 rings (SSSR count). The number of hydrogen-bond acceptors (Lipinski definition) is 2. The molecule has 2 unspecified atom stereocenters. The largest absolute Gasteiger partial charge is 0.235 e. The minimum atomic E-state index is -0.244. The van der Waals surface area contributed by atoms with Gasteiger partial charge in [-0.25, -0.2) is 4.79 Å². The zero-order chi connectivity index (χ0) is 7.03. The monoisotopic (exact) mass is 134 g/mol. The molecule has 10 heavy (non-hydrogen) atoms. The first kappa shape index (κ1) is 5.87. The van der Waals surface area contributed by atoms with E-state index in [4.69, 9.17) is 0 Å². The van der Waals surface area contributed by atoms with E-state index in [-0.39, 0.29) is 5.54 Å². The second kappa shape index (κ2) is 1.80. The highest BCUT2D eigenvalue weighted by Crippen LogP contribution is 2.43. The molecule has 2 aliphatic carbocycles. The molecule has 1 saturated carbocycles. The van der Waals surface area contributed by atoms with Crippen molar-refractivity contribution in [3.05, 3.63) is 18.6 Å². The predicted molar refractivity (Wildman–Crippen MR) is 37.0 cm³/mol. The lowest BCUT2D eigenvalue weighted by molar-refractivity contribution is 0.548. The molecule has 0 saturated heterocycles. The first-order valence-electron chi connectivity index (χ1n) is 3.47. The number of aliphatic imine (C=N–C) groups is 1. The highest BCUT2D eigenvalue weighted by atomic mass is 16.1. The van der Waals surface area contributed by atoms with Crippen LogP contribution in [-0.2, 0) is 4.79 Å². The van der Waals surface area contributed by atoms with Gasteiger partial charge in [0.05, 0.1) is 5.54 Å². The molecule has 0 aromatic rings. The van der Waals surface area contributed by atoms with E-state index in [1.54, 1.807) is 6.08 Å². The smallest absolute Gasteiger partial charge is 0.211 e. The van der Waals surface area contributed by atoms with Crippen LogP contribution in [0.15, 0.2) is 17.1 Å². The highest BCUT2D eigenvalue weighted by molar-refractivity contribution is 5.41. The summed E-state index contributed by atoms with van der Waals surface area (Å²) < 4.78 is 0. The summed E-state index contributed by atoms with van der Waals surface area (Å²) in [4.78, 5) is 13.8. The van der Waals surface area contributed by atoms with Crippen molar-refractivity contribution < 1.29 is 4.79 Å². The Morgan fingerprint density at radius 3 is 3.00 bits per heavy atom. The van der Waals surface area contributed by atoms with Crippen LogP contribution < -0.4 is 0 Å². The maximum Gasteiger partial charge on any atom is 0.235 e. The van der Waals surface area contributed by atoms with Gasteiger partial charge < -0.3 is 0 Å². The van der Waals surface area contributed by atoms with Crippen molar-refractivity contribution >= 4 is 6.08 Å². The fourth-order valence-electron chi connectivity index (χ4n) is 1.74. The van der Waals surface area contributed by atoms with Gasteiger partial charge in [0.1, 0.15) is 0 Å². The summed E-state index contributed by atoms with van der Waals surface area (Å²) in [7, 11) is 0. The van der Waals surface area contributed by atoms with Crippen molar-refractivity contribution in [3.63, 3.8) is 0 Å². The van der Waals surface area contributed by atoms with E-state index in [1.807, 2.05) is 6.08 Å². The average Bonchev–Trinajstić information content (AvgIpc) is 2.46. The van der Waals surface area contributed by atoms with Crippen molar-refractivity contribution in [1.29, 1.82) is 0 Å². The maximum absolute atomic E-state index is 10.00. The summed E-state index contributed by atoms with van der Waals surface area (Å²) in [6.07, 6.45) is 9.93. The Hall–Kier alpha value is -0.880. The summed E-state index contributed by atoms with van der Waals surface area (Å²) >= 11 is 0. The zero-order valence-electron chi connectivity index (χ0n) is 5.58. The van der Waals surface area contributed by atoms with Gasteiger partial charge in [-0.05, 0) is 25.2 Å². The van der Waals surface area contributed by atoms with E-state index < -0.39 is 0 Å². The molecule has 0 aromatic heterocycles. The Labute approximate surface area is 59.6 Å². The van der Waals surface area contributed by atoms with E-state index in [2.05, 4.69) is 17.5 Å². The molecule has 2 heteroatoms. The van der Waals surface area contributed by atoms with Crippen LogP contribution in [0.4, 0.5) is 0 Å². The second-order valence-electron chi connectivity index (χ2n) is 2.96. The van der Waals surface area contributed by atoms with Crippen molar-refractivity contribution in [3.8, 4) is 0 Å². The van der Waals surface area contributed by atoms with Gasteiger partial charge in [0, 0.05) is 0 Å². The minimum absolute atomic E-state index is 0.244. The lowest BCUT2D eigenvalue weighted by atomic mass is 10.0. The van der Waals surface area contributed by atoms with E-state index in [0.717, 1.165) is 12.8 Å².